The van der Waals surface area contributed by atoms with Gasteiger partial charge in [-0.1, -0.05) is 54.6 Å². The van der Waals surface area contributed by atoms with Crippen LogP contribution in [0, 0.1) is 0 Å². The number of hydrogen-bond donors (Lipinski definition) is 3. The van der Waals surface area contributed by atoms with Crippen LogP contribution in [0.1, 0.15) is 10.4 Å². The summed E-state index contributed by atoms with van der Waals surface area (Å²) in [5.74, 6) is -0.764. The van der Waals surface area contributed by atoms with E-state index >= 15 is 0 Å². The highest BCUT2D eigenvalue weighted by Gasteiger charge is 2.19. The predicted molar refractivity (Wildman–Crippen MR) is 112 cm³/mol. The van der Waals surface area contributed by atoms with E-state index in [1.165, 1.54) is 6.07 Å². The molecule has 0 aromatic heterocycles. The molecular formula is C23H17N3O3. The number of para-hydroxylation sites is 2. The lowest BCUT2D eigenvalue weighted by Crippen LogP contribution is -2.12. The first-order valence-corrected chi connectivity index (χ1v) is 8.94. The average molecular weight is 383 g/mol. The van der Waals surface area contributed by atoms with Crippen molar-refractivity contribution in [1.29, 1.82) is 0 Å². The molecule has 1 amide bonds. The zero-order chi connectivity index (χ0) is 20.2. The lowest BCUT2D eigenvalue weighted by Gasteiger charge is -2.12. The molecule has 3 N–H and O–H groups in total. The maximum atomic E-state index is 12.9. The van der Waals surface area contributed by atoms with Crippen molar-refractivity contribution < 1.29 is 15.0 Å². The molecule has 0 aliphatic carbocycles. The first kappa shape index (κ1) is 18.2. The number of nitrogens with one attached hydrogen (secondary N) is 1. The van der Waals surface area contributed by atoms with Gasteiger partial charge >= 0.3 is 0 Å². The van der Waals surface area contributed by atoms with E-state index in [-0.39, 0.29) is 28.4 Å². The monoisotopic (exact) mass is 383 g/mol. The molecule has 29 heavy (non-hydrogen) atoms. The number of benzene rings is 4. The van der Waals surface area contributed by atoms with Gasteiger partial charge in [-0.25, -0.2) is 0 Å². The number of anilines is 1. The van der Waals surface area contributed by atoms with Gasteiger partial charge in [0, 0.05) is 5.69 Å². The molecule has 4 rings (SSSR count). The van der Waals surface area contributed by atoms with Crippen molar-refractivity contribution in [2.45, 2.75) is 0 Å². The average Bonchev–Trinajstić information content (AvgIpc) is 2.74. The van der Waals surface area contributed by atoms with Crippen molar-refractivity contribution in [1.82, 2.24) is 0 Å². The normalized spacial score (nSPS) is 11.0. The van der Waals surface area contributed by atoms with Crippen molar-refractivity contribution >= 4 is 33.7 Å². The summed E-state index contributed by atoms with van der Waals surface area (Å²) in [5, 5.41) is 32.9. The number of hydrogen-bond acceptors (Lipinski definition) is 5. The van der Waals surface area contributed by atoms with Crippen LogP contribution < -0.4 is 5.32 Å². The lowest BCUT2D eigenvalue weighted by atomic mass is 10.0. The third kappa shape index (κ3) is 3.77. The van der Waals surface area contributed by atoms with Gasteiger partial charge in [0.2, 0.25) is 0 Å². The van der Waals surface area contributed by atoms with Crippen molar-refractivity contribution in [2.24, 2.45) is 10.2 Å². The van der Waals surface area contributed by atoms with Crippen LogP contribution in [0.15, 0.2) is 95.2 Å². The quantitative estimate of drug-likeness (QED) is 0.382. The Hall–Kier alpha value is -4.19. The molecular weight excluding hydrogens is 366 g/mol. The molecule has 4 aromatic carbocycles. The standard InChI is InChI=1S/C23H17N3O3/c27-20-13-7-6-12-18(20)25-26-19-14-15-8-4-5-11-17(15)21(22(19)28)23(29)24-16-9-2-1-3-10-16/h1-14,27-28H,(H,24,29). The Morgan fingerprint density at radius 1 is 0.759 bits per heavy atom. The van der Waals surface area contributed by atoms with Crippen LogP contribution in [-0.2, 0) is 0 Å². The van der Waals surface area contributed by atoms with Crippen LogP contribution in [0.5, 0.6) is 11.5 Å². The first-order valence-electron chi connectivity index (χ1n) is 8.94. The SMILES string of the molecule is O=C(Nc1ccccc1)c1c(O)c(N=Nc2ccccc2O)cc2ccccc12. The van der Waals surface area contributed by atoms with Gasteiger partial charge in [0.25, 0.3) is 5.91 Å². The third-order valence-corrected chi connectivity index (χ3v) is 4.41. The third-order valence-electron chi connectivity index (χ3n) is 4.41. The molecule has 6 heteroatoms. The Morgan fingerprint density at radius 3 is 2.21 bits per heavy atom. The zero-order valence-corrected chi connectivity index (χ0v) is 15.3. The summed E-state index contributed by atoms with van der Waals surface area (Å²) in [4.78, 5) is 12.9. The Morgan fingerprint density at radius 2 is 1.41 bits per heavy atom. The Labute approximate surface area is 166 Å². The molecule has 0 radical (unpaired) electrons. The second-order valence-corrected chi connectivity index (χ2v) is 6.35. The summed E-state index contributed by atoms with van der Waals surface area (Å²) in [7, 11) is 0. The van der Waals surface area contributed by atoms with Gasteiger partial charge in [-0.2, -0.15) is 0 Å². The largest absolute Gasteiger partial charge is 0.506 e. The van der Waals surface area contributed by atoms with E-state index in [1.54, 1.807) is 48.5 Å². The fraction of sp³-hybridized carbons (Fsp3) is 0. The van der Waals surface area contributed by atoms with Crippen molar-refractivity contribution in [2.75, 3.05) is 5.32 Å². The van der Waals surface area contributed by atoms with Gasteiger partial charge in [-0.3, -0.25) is 4.79 Å². The summed E-state index contributed by atoms with van der Waals surface area (Å²) >= 11 is 0. The molecule has 0 fully saturated rings. The molecule has 142 valence electrons. The van der Waals surface area contributed by atoms with E-state index in [4.69, 9.17) is 0 Å². The molecule has 0 aliphatic rings. The van der Waals surface area contributed by atoms with Crippen LogP contribution in [-0.4, -0.2) is 16.1 Å². The summed E-state index contributed by atoms with van der Waals surface area (Å²) < 4.78 is 0. The highest BCUT2D eigenvalue weighted by molar-refractivity contribution is 6.16. The first-order chi connectivity index (χ1) is 14.1. The van der Waals surface area contributed by atoms with Gasteiger partial charge in [-0.05, 0) is 41.1 Å². The van der Waals surface area contributed by atoms with Gasteiger partial charge in [0.15, 0.2) is 5.75 Å². The highest BCUT2D eigenvalue weighted by atomic mass is 16.3. The van der Waals surface area contributed by atoms with Crippen LogP contribution in [0.3, 0.4) is 0 Å². The molecule has 0 atom stereocenters. The van der Waals surface area contributed by atoms with E-state index < -0.39 is 5.91 Å². The van der Waals surface area contributed by atoms with Crippen LogP contribution >= 0.6 is 0 Å². The van der Waals surface area contributed by atoms with Crippen molar-refractivity contribution in [3.8, 4) is 11.5 Å². The molecule has 0 saturated heterocycles. The minimum atomic E-state index is -0.454. The van der Waals surface area contributed by atoms with Gasteiger partial charge in [0.1, 0.15) is 17.1 Å². The topological polar surface area (TPSA) is 94.3 Å². The number of rotatable bonds is 4. The number of phenolic OH excluding ortho intramolecular Hbond substituents is 2. The summed E-state index contributed by atoms with van der Waals surface area (Å²) in [5.41, 5.74) is 1.11. The van der Waals surface area contributed by atoms with Crippen LogP contribution in [0.4, 0.5) is 17.1 Å². The number of azo groups is 1. The minimum Gasteiger partial charge on any atom is -0.506 e. The van der Waals surface area contributed by atoms with Gasteiger partial charge in [-0.15, -0.1) is 10.2 Å². The Bertz CT molecular complexity index is 1220. The fourth-order valence-corrected chi connectivity index (χ4v) is 3.00. The minimum absolute atomic E-state index is 0.0291. The number of fused-ring (bicyclic) bond motifs is 1. The number of amides is 1. The maximum absolute atomic E-state index is 12.9. The van der Waals surface area contributed by atoms with Crippen molar-refractivity contribution in [3.63, 3.8) is 0 Å². The second-order valence-electron chi connectivity index (χ2n) is 6.35. The van der Waals surface area contributed by atoms with E-state index in [2.05, 4.69) is 15.5 Å². The van der Waals surface area contributed by atoms with E-state index in [9.17, 15) is 15.0 Å². The zero-order valence-electron chi connectivity index (χ0n) is 15.3. The summed E-state index contributed by atoms with van der Waals surface area (Å²) in [6, 6.07) is 24.3. The summed E-state index contributed by atoms with van der Waals surface area (Å²) in [6.45, 7) is 0. The lowest BCUT2D eigenvalue weighted by molar-refractivity contribution is 0.102. The molecule has 0 unspecified atom stereocenters. The number of nitrogens with zero attached hydrogens (tertiary/aromatic N) is 2. The molecule has 4 aromatic rings. The predicted octanol–water partition coefficient (Wildman–Crippen LogP) is 5.92. The van der Waals surface area contributed by atoms with Gasteiger partial charge < -0.3 is 15.5 Å². The number of phenols is 2. The Kier molecular flexibility index (Phi) is 4.90. The van der Waals surface area contributed by atoms with E-state index in [0.29, 0.717) is 11.1 Å². The molecule has 6 nitrogen and oxygen atoms in total. The maximum Gasteiger partial charge on any atom is 0.260 e. The van der Waals surface area contributed by atoms with Crippen LogP contribution in [0.25, 0.3) is 10.8 Å². The molecule has 0 heterocycles. The van der Waals surface area contributed by atoms with E-state index in [1.807, 2.05) is 30.3 Å². The molecule has 0 saturated carbocycles. The smallest absolute Gasteiger partial charge is 0.260 e. The highest BCUT2D eigenvalue weighted by Crippen LogP contribution is 2.38. The molecule has 0 bridgehead atoms. The number of carbonyl (C=O) groups excluding carboxylic acids is 1. The van der Waals surface area contributed by atoms with Crippen molar-refractivity contribution in [3.05, 3.63) is 90.5 Å². The second kappa shape index (κ2) is 7.82. The summed E-state index contributed by atoms with van der Waals surface area (Å²) in [6.07, 6.45) is 0. The fourth-order valence-electron chi connectivity index (χ4n) is 3.00. The van der Waals surface area contributed by atoms with Gasteiger partial charge in [0.05, 0.1) is 5.56 Å². The Balaban J connectivity index is 1.80. The number of aromatic hydroxyl groups is 2. The van der Waals surface area contributed by atoms with E-state index in [0.717, 1.165) is 5.39 Å². The molecule has 0 spiro atoms. The molecule has 0 aliphatic heterocycles. The van der Waals surface area contributed by atoms with Crippen LogP contribution in [0.2, 0.25) is 0 Å². The number of carbonyl (C=O) groups is 1.